The molecule has 1 aromatic heterocycles. The molecule has 1 aromatic carbocycles. The van der Waals surface area contributed by atoms with Crippen LogP contribution >= 0.6 is 11.3 Å². The van der Waals surface area contributed by atoms with E-state index in [9.17, 15) is 20.8 Å². The van der Waals surface area contributed by atoms with Crippen molar-refractivity contribution in [2.24, 2.45) is 5.10 Å². The van der Waals surface area contributed by atoms with Crippen LogP contribution in [-0.2, 0) is 6.42 Å². The summed E-state index contributed by atoms with van der Waals surface area (Å²) in [5, 5.41) is 45.4. The Balaban J connectivity index is 1.87. The molecule has 0 unspecified atom stereocenters. The number of hydrogen-bond acceptors (Lipinski definition) is 9. The zero-order valence-corrected chi connectivity index (χ0v) is 12.1. The minimum Gasteiger partial charge on any atom is -0.769 e. The van der Waals surface area contributed by atoms with Gasteiger partial charge >= 0.3 is 0 Å². The molecule has 0 spiro atoms. The van der Waals surface area contributed by atoms with Crippen molar-refractivity contribution in [1.82, 2.24) is 0 Å². The highest BCUT2D eigenvalue weighted by Gasteiger charge is 2.19. The van der Waals surface area contributed by atoms with Crippen LogP contribution in [0.2, 0.25) is 0 Å². The van der Waals surface area contributed by atoms with E-state index in [1.165, 1.54) is 17.0 Å². The first kappa shape index (κ1) is 14.8. The molecule has 1 aliphatic carbocycles. The Kier molecular flexibility index (Phi) is 3.96. The van der Waals surface area contributed by atoms with Crippen LogP contribution in [0.1, 0.15) is 16.9 Å². The van der Waals surface area contributed by atoms with Crippen molar-refractivity contribution >= 4 is 34.1 Å². The summed E-state index contributed by atoms with van der Waals surface area (Å²) < 4.78 is 0. The minimum absolute atomic E-state index is 0.151. The smallest absolute Gasteiger partial charge is 0.121 e. The van der Waals surface area contributed by atoms with Crippen molar-refractivity contribution in [3.63, 3.8) is 0 Å². The molecular weight excluding hydrogens is 308 g/mol. The SMILES string of the molecule is [O-]N([O-])c1ccc(NN=C2CCc3sccc32)c(N(O)O)c1. The van der Waals surface area contributed by atoms with Crippen molar-refractivity contribution in [3.8, 4) is 0 Å². The number of hydrazone groups is 1. The van der Waals surface area contributed by atoms with Gasteiger partial charge in [0.05, 0.1) is 11.4 Å². The molecule has 2 aromatic rings. The normalized spacial score (nSPS) is 15.0. The van der Waals surface area contributed by atoms with E-state index < -0.39 is 5.23 Å². The van der Waals surface area contributed by atoms with Crippen LogP contribution in [0.5, 0.6) is 0 Å². The van der Waals surface area contributed by atoms with Gasteiger partial charge in [-0.2, -0.15) is 5.10 Å². The van der Waals surface area contributed by atoms with E-state index in [0.29, 0.717) is 0 Å². The number of fused-ring (bicyclic) bond motifs is 1. The molecule has 0 radical (unpaired) electrons. The van der Waals surface area contributed by atoms with Gasteiger partial charge in [0.2, 0.25) is 0 Å². The van der Waals surface area contributed by atoms with Crippen molar-refractivity contribution < 1.29 is 10.4 Å². The maximum absolute atomic E-state index is 10.7. The van der Waals surface area contributed by atoms with Crippen LogP contribution in [0.4, 0.5) is 17.1 Å². The summed E-state index contributed by atoms with van der Waals surface area (Å²) in [6.07, 6.45) is 1.74. The van der Waals surface area contributed by atoms with Crippen LogP contribution in [0.15, 0.2) is 34.7 Å². The van der Waals surface area contributed by atoms with Crippen LogP contribution in [-0.4, -0.2) is 16.1 Å². The molecule has 0 aliphatic heterocycles. The van der Waals surface area contributed by atoms with E-state index in [2.05, 4.69) is 10.5 Å². The lowest BCUT2D eigenvalue weighted by Crippen LogP contribution is -2.14. The van der Waals surface area contributed by atoms with Crippen LogP contribution in [0, 0.1) is 10.4 Å². The van der Waals surface area contributed by atoms with Crippen molar-refractivity contribution in [3.05, 3.63) is 50.5 Å². The topological polar surface area (TPSA) is 117 Å². The molecule has 0 saturated carbocycles. The predicted molar refractivity (Wildman–Crippen MR) is 84.5 cm³/mol. The van der Waals surface area contributed by atoms with E-state index in [1.807, 2.05) is 11.4 Å². The quantitative estimate of drug-likeness (QED) is 0.741. The summed E-state index contributed by atoms with van der Waals surface area (Å²) in [5.74, 6) is 0. The molecule has 9 heteroatoms. The Labute approximate surface area is 129 Å². The maximum atomic E-state index is 10.7. The van der Waals surface area contributed by atoms with Crippen molar-refractivity contribution in [1.29, 1.82) is 0 Å². The summed E-state index contributed by atoms with van der Waals surface area (Å²) in [5.41, 5.74) is 4.57. The van der Waals surface area contributed by atoms with Gasteiger partial charge in [-0.3, -0.25) is 15.8 Å². The number of thiophene rings is 1. The summed E-state index contributed by atoms with van der Waals surface area (Å²) in [6, 6.07) is 5.68. The van der Waals surface area contributed by atoms with Crippen LogP contribution in [0.3, 0.4) is 0 Å². The second-order valence-corrected chi connectivity index (χ2v) is 5.68. The molecule has 116 valence electrons. The molecule has 0 bridgehead atoms. The minimum atomic E-state index is -0.614. The monoisotopic (exact) mass is 320 g/mol. The summed E-state index contributed by atoms with van der Waals surface area (Å²) >= 11 is 1.68. The maximum Gasteiger partial charge on any atom is 0.121 e. The van der Waals surface area contributed by atoms with E-state index in [-0.39, 0.29) is 22.3 Å². The molecule has 0 fully saturated rings. The lowest BCUT2D eigenvalue weighted by atomic mass is 10.2. The van der Waals surface area contributed by atoms with Gasteiger partial charge in [-0.25, -0.2) is 0 Å². The fourth-order valence-corrected chi connectivity index (χ4v) is 3.20. The fourth-order valence-electron chi connectivity index (χ4n) is 2.30. The molecule has 1 heterocycles. The van der Waals surface area contributed by atoms with Gasteiger partial charge in [0, 0.05) is 16.1 Å². The first-order chi connectivity index (χ1) is 10.6. The van der Waals surface area contributed by atoms with E-state index in [1.54, 1.807) is 11.3 Å². The second-order valence-electron chi connectivity index (χ2n) is 4.68. The molecule has 0 amide bonds. The molecule has 3 N–H and O–H groups in total. The second kappa shape index (κ2) is 5.91. The number of hydrogen-bond donors (Lipinski definition) is 3. The summed E-state index contributed by atoms with van der Waals surface area (Å²) in [6.45, 7) is 0. The zero-order valence-electron chi connectivity index (χ0n) is 11.3. The standard InChI is InChI=1S/C13H12N4O4S/c18-16(19)8-1-2-11(12(7-8)17(20)21)15-14-10-3-4-13-9(10)5-6-22-13/h1-2,5-7,15,20-21H,3-4H2/q-2. The lowest BCUT2D eigenvalue weighted by molar-refractivity contribution is 0.0295. The van der Waals surface area contributed by atoms with Gasteiger partial charge in [0.1, 0.15) is 5.69 Å². The predicted octanol–water partition coefficient (Wildman–Crippen LogP) is 2.90. The number of nitrogens with one attached hydrogen (secondary N) is 1. The summed E-state index contributed by atoms with van der Waals surface area (Å²) in [4.78, 5) is 1.27. The molecule has 3 rings (SSSR count). The van der Waals surface area contributed by atoms with Crippen LogP contribution < -0.4 is 15.9 Å². The highest BCUT2D eigenvalue weighted by molar-refractivity contribution is 7.10. The molecule has 22 heavy (non-hydrogen) atoms. The van der Waals surface area contributed by atoms with Crippen molar-refractivity contribution in [2.75, 3.05) is 15.9 Å². The molecule has 0 saturated heterocycles. The highest BCUT2D eigenvalue weighted by Crippen LogP contribution is 2.31. The molecule has 0 atom stereocenters. The number of nitrogens with zero attached hydrogens (tertiary/aromatic N) is 3. The molecular formula is C13H12N4O4S-2. The van der Waals surface area contributed by atoms with E-state index >= 15 is 0 Å². The van der Waals surface area contributed by atoms with Gasteiger partial charge in [-0.1, -0.05) is 0 Å². The van der Waals surface area contributed by atoms with E-state index in [0.717, 1.165) is 30.2 Å². The Morgan fingerprint density at radius 2 is 2.00 bits per heavy atom. The van der Waals surface area contributed by atoms with Gasteiger partial charge in [0.15, 0.2) is 0 Å². The largest absolute Gasteiger partial charge is 0.769 e. The Hall–Kier alpha value is -2.17. The Morgan fingerprint density at radius 3 is 2.73 bits per heavy atom. The number of aryl methyl sites for hydroxylation is 1. The van der Waals surface area contributed by atoms with Crippen LogP contribution in [0.25, 0.3) is 0 Å². The third kappa shape index (κ3) is 2.75. The third-order valence-electron chi connectivity index (χ3n) is 3.36. The summed E-state index contributed by atoms with van der Waals surface area (Å²) in [7, 11) is 0. The van der Waals surface area contributed by atoms with Gasteiger partial charge in [-0.15, -0.1) is 16.6 Å². The first-order valence-electron chi connectivity index (χ1n) is 6.42. The lowest BCUT2D eigenvalue weighted by Gasteiger charge is -2.37. The van der Waals surface area contributed by atoms with Crippen molar-refractivity contribution in [2.45, 2.75) is 12.8 Å². The van der Waals surface area contributed by atoms with Gasteiger partial charge < -0.3 is 15.6 Å². The molecule has 8 nitrogen and oxygen atoms in total. The molecule has 1 aliphatic rings. The third-order valence-corrected chi connectivity index (χ3v) is 4.34. The Bertz CT molecular complexity index is 714. The van der Waals surface area contributed by atoms with Gasteiger partial charge in [0.25, 0.3) is 0 Å². The van der Waals surface area contributed by atoms with E-state index in [4.69, 9.17) is 0 Å². The first-order valence-corrected chi connectivity index (χ1v) is 7.30. The highest BCUT2D eigenvalue weighted by atomic mass is 32.1. The number of benzene rings is 1. The Morgan fingerprint density at radius 1 is 1.18 bits per heavy atom. The number of anilines is 3. The van der Waals surface area contributed by atoms with Gasteiger partial charge in [-0.05, 0) is 42.5 Å². The average Bonchev–Trinajstić information content (AvgIpc) is 3.08. The number of rotatable bonds is 4. The fraction of sp³-hybridized carbons (Fsp3) is 0.154. The average molecular weight is 320 g/mol. The zero-order chi connectivity index (χ0) is 15.7.